The first kappa shape index (κ1) is 14.8. The molecule has 3 heterocycles. The van der Waals surface area contributed by atoms with Crippen molar-refractivity contribution in [1.29, 1.82) is 0 Å². The van der Waals surface area contributed by atoms with Gasteiger partial charge in [-0.2, -0.15) is 5.10 Å². The highest BCUT2D eigenvalue weighted by Gasteiger charge is 2.27. The molecular formula is C17H20N4OS. The smallest absolute Gasteiger partial charge is 0.234 e. The maximum absolute atomic E-state index is 12.4. The molecule has 23 heavy (non-hydrogen) atoms. The minimum absolute atomic E-state index is 0.0190. The van der Waals surface area contributed by atoms with Crippen LogP contribution in [0.2, 0.25) is 0 Å². The van der Waals surface area contributed by atoms with Gasteiger partial charge in [0.2, 0.25) is 5.91 Å². The van der Waals surface area contributed by atoms with Gasteiger partial charge in [-0.1, -0.05) is 18.2 Å². The summed E-state index contributed by atoms with van der Waals surface area (Å²) in [6, 6.07) is 10.3. The van der Waals surface area contributed by atoms with Crippen LogP contribution in [0.4, 0.5) is 0 Å². The first-order chi connectivity index (χ1) is 11.3. The SMILES string of the molecule is O=C(NCc1cc2n(n1)CCCNC2)[C@@H]1Cc2ccccc2S1. The van der Waals surface area contributed by atoms with Gasteiger partial charge in [0, 0.05) is 18.0 Å². The molecular weight excluding hydrogens is 308 g/mol. The maximum Gasteiger partial charge on any atom is 0.234 e. The quantitative estimate of drug-likeness (QED) is 0.900. The summed E-state index contributed by atoms with van der Waals surface area (Å²) in [5.74, 6) is 0.104. The standard InChI is InChI=1S/C17H20N4OS/c22-17(16-8-12-4-1-2-5-15(12)23-16)19-10-13-9-14-11-18-6-3-7-21(14)20-13/h1-2,4-5,9,16,18H,3,6-8,10-11H2,(H,19,22)/t16-/m0/s1. The highest BCUT2D eigenvalue weighted by Crippen LogP contribution is 2.36. The summed E-state index contributed by atoms with van der Waals surface area (Å²) in [5, 5.41) is 11.0. The number of amides is 1. The van der Waals surface area contributed by atoms with Gasteiger partial charge in [-0.15, -0.1) is 11.8 Å². The van der Waals surface area contributed by atoms with Crippen LogP contribution in [0.25, 0.3) is 0 Å². The Hall–Kier alpha value is -1.79. The van der Waals surface area contributed by atoms with Crippen LogP contribution in [-0.2, 0) is 30.8 Å². The van der Waals surface area contributed by atoms with Crippen molar-refractivity contribution in [3.63, 3.8) is 0 Å². The van der Waals surface area contributed by atoms with Gasteiger partial charge in [-0.3, -0.25) is 9.48 Å². The second-order valence-corrected chi connectivity index (χ2v) is 7.26. The number of benzene rings is 1. The second-order valence-electron chi connectivity index (χ2n) is 6.02. The van der Waals surface area contributed by atoms with Gasteiger partial charge in [0.1, 0.15) is 0 Å². The monoisotopic (exact) mass is 328 g/mol. The number of carbonyl (C=O) groups excluding carboxylic acids is 1. The summed E-state index contributed by atoms with van der Waals surface area (Å²) in [6.07, 6.45) is 1.91. The van der Waals surface area contributed by atoms with E-state index in [2.05, 4.69) is 38.6 Å². The van der Waals surface area contributed by atoms with Gasteiger partial charge in [-0.05, 0) is 37.1 Å². The Kier molecular flexibility index (Phi) is 4.10. The van der Waals surface area contributed by atoms with Gasteiger partial charge in [0.15, 0.2) is 0 Å². The second kappa shape index (κ2) is 6.37. The molecule has 120 valence electrons. The molecule has 1 aromatic carbocycles. The van der Waals surface area contributed by atoms with Crippen molar-refractivity contribution >= 4 is 17.7 Å². The number of nitrogens with one attached hydrogen (secondary N) is 2. The van der Waals surface area contributed by atoms with Gasteiger partial charge in [-0.25, -0.2) is 0 Å². The Morgan fingerprint density at radius 1 is 1.43 bits per heavy atom. The van der Waals surface area contributed by atoms with E-state index in [1.54, 1.807) is 11.8 Å². The highest BCUT2D eigenvalue weighted by molar-refractivity contribution is 8.01. The van der Waals surface area contributed by atoms with Crippen LogP contribution < -0.4 is 10.6 Å². The molecule has 5 nitrogen and oxygen atoms in total. The van der Waals surface area contributed by atoms with E-state index >= 15 is 0 Å². The Morgan fingerprint density at radius 3 is 3.26 bits per heavy atom. The van der Waals surface area contributed by atoms with Crippen molar-refractivity contribution in [2.24, 2.45) is 0 Å². The van der Waals surface area contributed by atoms with Crippen LogP contribution in [0.15, 0.2) is 35.2 Å². The van der Waals surface area contributed by atoms with Crippen molar-refractivity contribution in [2.75, 3.05) is 6.54 Å². The van der Waals surface area contributed by atoms with Crippen LogP contribution >= 0.6 is 11.8 Å². The summed E-state index contributed by atoms with van der Waals surface area (Å²) < 4.78 is 2.06. The zero-order valence-electron chi connectivity index (χ0n) is 12.9. The largest absolute Gasteiger partial charge is 0.349 e. The van der Waals surface area contributed by atoms with Gasteiger partial charge < -0.3 is 10.6 Å². The number of aryl methyl sites for hydroxylation is 1. The maximum atomic E-state index is 12.4. The molecule has 0 unspecified atom stereocenters. The number of thioether (sulfide) groups is 1. The fourth-order valence-electron chi connectivity index (χ4n) is 3.13. The lowest BCUT2D eigenvalue weighted by Gasteiger charge is -2.08. The Bertz CT molecular complexity index is 679. The highest BCUT2D eigenvalue weighted by atomic mass is 32.2. The summed E-state index contributed by atoms with van der Waals surface area (Å²) >= 11 is 1.66. The minimum atomic E-state index is -0.0190. The van der Waals surface area contributed by atoms with Crippen molar-refractivity contribution < 1.29 is 4.79 Å². The van der Waals surface area contributed by atoms with Crippen LogP contribution in [0.3, 0.4) is 0 Å². The van der Waals surface area contributed by atoms with Crippen molar-refractivity contribution in [2.45, 2.75) is 42.6 Å². The predicted octanol–water partition coefficient (Wildman–Crippen LogP) is 1.71. The summed E-state index contributed by atoms with van der Waals surface area (Å²) in [7, 11) is 0. The lowest BCUT2D eigenvalue weighted by atomic mass is 10.1. The normalized spacial score (nSPS) is 19.7. The zero-order chi connectivity index (χ0) is 15.6. The molecule has 2 aliphatic rings. The number of carbonyl (C=O) groups is 1. The van der Waals surface area contributed by atoms with Crippen molar-refractivity contribution in [3.8, 4) is 0 Å². The van der Waals surface area contributed by atoms with Crippen LogP contribution in [-0.4, -0.2) is 27.5 Å². The molecule has 2 N–H and O–H groups in total. The number of aromatic nitrogens is 2. The van der Waals surface area contributed by atoms with E-state index in [0.717, 1.165) is 38.2 Å². The topological polar surface area (TPSA) is 59.0 Å². The third-order valence-corrected chi connectivity index (χ3v) is 5.64. The van der Waals surface area contributed by atoms with Crippen LogP contribution in [0.5, 0.6) is 0 Å². The average Bonchev–Trinajstić information content (AvgIpc) is 3.11. The predicted molar refractivity (Wildman–Crippen MR) is 90.2 cm³/mol. The van der Waals surface area contributed by atoms with Crippen LogP contribution in [0.1, 0.15) is 23.4 Å². The Morgan fingerprint density at radius 2 is 2.35 bits per heavy atom. The van der Waals surface area contributed by atoms with E-state index in [1.165, 1.54) is 16.2 Å². The molecule has 0 fully saturated rings. The summed E-state index contributed by atoms with van der Waals surface area (Å²) in [6.45, 7) is 3.35. The average molecular weight is 328 g/mol. The van der Waals surface area contributed by atoms with E-state index in [1.807, 2.05) is 12.1 Å². The lowest BCUT2D eigenvalue weighted by Crippen LogP contribution is -2.32. The fraction of sp³-hybridized carbons (Fsp3) is 0.412. The molecule has 6 heteroatoms. The molecule has 1 aromatic heterocycles. The Balaban J connectivity index is 1.36. The summed E-state index contributed by atoms with van der Waals surface area (Å²) in [5.41, 5.74) is 3.42. The van der Waals surface area contributed by atoms with Gasteiger partial charge in [0.25, 0.3) is 0 Å². The van der Waals surface area contributed by atoms with E-state index in [4.69, 9.17) is 0 Å². The molecule has 0 saturated carbocycles. The Labute approximate surface area is 139 Å². The molecule has 0 aliphatic carbocycles. The van der Waals surface area contributed by atoms with Crippen molar-refractivity contribution in [1.82, 2.24) is 20.4 Å². The van der Waals surface area contributed by atoms with Gasteiger partial charge >= 0.3 is 0 Å². The van der Waals surface area contributed by atoms with Crippen LogP contribution in [0, 0.1) is 0 Å². The fourth-order valence-corrected chi connectivity index (χ4v) is 4.35. The van der Waals surface area contributed by atoms with Crippen molar-refractivity contribution in [3.05, 3.63) is 47.3 Å². The molecule has 2 aromatic rings. The molecule has 1 amide bonds. The zero-order valence-corrected chi connectivity index (χ0v) is 13.7. The summed E-state index contributed by atoms with van der Waals surface area (Å²) in [4.78, 5) is 13.6. The van der Waals surface area contributed by atoms with E-state index in [-0.39, 0.29) is 11.2 Å². The van der Waals surface area contributed by atoms with E-state index in [0.29, 0.717) is 6.54 Å². The number of nitrogens with zero attached hydrogens (tertiary/aromatic N) is 2. The third kappa shape index (κ3) is 3.14. The number of hydrogen-bond acceptors (Lipinski definition) is 4. The number of hydrogen-bond donors (Lipinski definition) is 2. The number of rotatable bonds is 3. The third-order valence-electron chi connectivity index (χ3n) is 4.33. The molecule has 4 rings (SSSR count). The number of fused-ring (bicyclic) bond motifs is 2. The van der Waals surface area contributed by atoms with Gasteiger partial charge in [0.05, 0.1) is 23.2 Å². The molecule has 0 bridgehead atoms. The molecule has 0 saturated heterocycles. The van der Waals surface area contributed by atoms with E-state index < -0.39 is 0 Å². The molecule has 0 spiro atoms. The first-order valence-corrected chi connectivity index (χ1v) is 8.96. The lowest BCUT2D eigenvalue weighted by molar-refractivity contribution is -0.120. The first-order valence-electron chi connectivity index (χ1n) is 8.08. The molecule has 2 aliphatic heterocycles. The minimum Gasteiger partial charge on any atom is -0.349 e. The van der Waals surface area contributed by atoms with E-state index in [9.17, 15) is 4.79 Å². The molecule has 1 atom stereocenters. The molecule has 0 radical (unpaired) electrons.